The van der Waals surface area contributed by atoms with Gasteiger partial charge in [0.2, 0.25) is 0 Å². The summed E-state index contributed by atoms with van der Waals surface area (Å²) in [5.41, 5.74) is 2.22. The molecule has 1 aliphatic heterocycles. The fourth-order valence-corrected chi connectivity index (χ4v) is 4.67. The van der Waals surface area contributed by atoms with E-state index in [-0.39, 0.29) is 5.48 Å². The summed E-state index contributed by atoms with van der Waals surface area (Å²) in [6.45, 7) is 5.73. The summed E-state index contributed by atoms with van der Waals surface area (Å²) in [6.07, 6.45) is 2.39. The number of piperazine rings is 1. The van der Waals surface area contributed by atoms with Crippen LogP contribution in [0.4, 0.5) is 11.4 Å². The molecule has 37 heavy (non-hydrogen) atoms. The van der Waals surface area contributed by atoms with Crippen LogP contribution in [0.25, 0.3) is 10.9 Å². The van der Waals surface area contributed by atoms with Gasteiger partial charge in [0, 0.05) is 50.4 Å². The van der Waals surface area contributed by atoms with Gasteiger partial charge in [-0.3, -0.25) is 4.98 Å². The summed E-state index contributed by atoms with van der Waals surface area (Å²) < 4.78 is 17.4. The largest absolute Gasteiger partial charge is 0.495 e. The molecule has 1 aromatic heterocycles. The Labute approximate surface area is 226 Å². The number of hydrogen-bond donors (Lipinski definition) is 1. The first kappa shape index (κ1) is 28.6. The molecule has 3 aromatic rings. The van der Waals surface area contributed by atoms with Crippen molar-refractivity contribution in [2.45, 2.75) is 6.42 Å². The van der Waals surface area contributed by atoms with Crippen LogP contribution in [-0.2, 0) is 0 Å². The number of hydrogen-bond acceptors (Lipinski definition) is 8. The highest BCUT2D eigenvalue weighted by Gasteiger charge is 2.20. The maximum absolute atomic E-state index is 9.36. The molecular formula is C26H31Cl2N5O4. The molecule has 1 fully saturated rings. The van der Waals surface area contributed by atoms with E-state index in [2.05, 4.69) is 33.2 Å². The quantitative estimate of drug-likeness (QED) is 0.393. The zero-order valence-corrected chi connectivity index (χ0v) is 22.6. The van der Waals surface area contributed by atoms with Gasteiger partial charge in [0.25, 0.3) is 0 Å². The third-order valence-electron chi connectivity index (χ3n) is 6.20. The molecule has 198 valence electrons. The molecule has 1 saturated heterocycles. The van der Waals surface area contributed by atoms with E-state index in [1.165, 1.54) is 6.20 Å². The highest BCUT2D eigenvalue weighted by Crippen LogP contribution is 2.44. The van der Waals surface area contributed by atoms with Crippen molar-refractivity contribution < 1.29 is 19.7 Å². The number of anilines is 2. The van der Waals surface area contributed by atoms with Crippen molar-refractivity contribution in [3.05, 3.63) is 46.1 Å². The van der Waals surface area contributed by atoms with Gasteiger partial charge in [0.05, 0.1) is 47.6 Å². The minimum atomic E-state index is 0. The monoisotopic (exact) mass is 547 g/mol. The molecule has 2 heterocycles. The standard InChI is InChI=1S/C26H29Cl2N5O3.H2O/c1-32-6-8-33(9-7-32)5-4-10-36-26-23(35-3)12-18-11-17(15-29)16-30-24(18)25(26)31-21-14-22(34-2)20(28)13-19(21)27;/h11-14,16,31H,4-10H2,1-3H3;1H2. The lowest BCUT2D eigenvalue weighted by Crippen LogP contribution is -2.44. The zero-order valence-electron chi connectivity index (χ0n) is 21.1. The number of nitrogens with zero attached hydrogens (tertiary/aromatic N) is 4. The minimum absolute atomic E-state index is 0. The first-order chi connectivity index (χ1) is 17.4. The number of benzene rings is 2. The SMILES string of the molecule is COc1cc(Nc2c(OCCCN3CCN(C)CC3)c(OC)cc3cc(C#N)cnc23)c(Cl)cc1Cl.O. The predicted octanol–water partition coefficient (Wildman–Crippen LogP) is 4.37. The molecule has 2 aromatic carbocycles. The summed E-state index contributed by atoms with van der Waals surface area (Å²) in [4.78, 5) is 9.34. The van der Waals surface area contributed by atoms with Gasteiger partial charge in [-0.05, 0) is 31.7 Å². The van der Waals surface area contributed by atoms with Crippen LogP contribution in [0, 0.1) is 11.3 Å². The first-order valence-electron chi connectivity index (χ1n) is 11.7. The second-order valence-corrected chi connectivity index (χ2v) is 9.44. The molecule has 9 nitrogen and oxygen atoms in total. The summed E-state index contributed by atoms with van der Waals surface area (Å²) in [6, 6.07) is 9.05. The lowest BCUT2D eigenvalue weighted by molar-refractivity contribution is 0.145. The van der Waals surface area contributed by atoms with Crippen molar-refractivity contribution in [2.24, 2.45) is 0 Å². The van der Waals surface area contributed by atoms with Crippen LogP contribution in [0.15, 0.2) is 30.5 Å². The molecule has 0 atom stereocenters. The van der Waals surface area contributed by atoms with Crippen molar-refractivity contribution in [2.75, 3.05) is 65.9 Å². The maximum atomic E-state index is 9.36. The number of halogens is 2. The van der Waals surface area contributed by atoms with Gasteiger partial charge in [-0.2, -0.15) is 5.26 Å². The summed E-state index contributed by atoms with van der Waals surface area (Å²) in [7, 11) is 5.28. The van der Waals surface area contributed by atoms with Gasteiger partial charge in [-0.25, -0.2) is 0 Å². The van der Waals surface area contributed by atoms with Crippen molar-refractivity contribution in [1.29, 1.82) is 5.26 Å². The Morgan fingerprint density at radius 1 is 1.03 bits per heavy atom. The highest BCUT2D eigenvalue weighted by atomic mass is 35.5. The highest BCUT2D eigenvalue weighted by molar-refractivity contribution is 6.37. The van der Waals surface area contributed by atoms with Gasteiger partial charge >= 0.3 is 0 Å². The molecule has 3 N–H and O–H groups in total. The van der Waals surface area contributed by atoms with Crippen LogP contribution in [0.1, 0.15) is 12.0 Å². The Kier molecular flexibility index (Phi) is 10.0. The van der Waals surface area contributed by atoms with Crippen molar-refractivity contribution in [3.8, 4) is 23.3 Å². The van der Waals surface area contributed by atoms with Crippen LogP contribution < -0.4 is 19.5 Å². The van der Waals surface area contributed by atoms with Crippen LogP contribution >= 0.6 is 23.2 Å². The Morgan fingerprint density at radius 2 is 1.76 bits per heavy atom. The number of ether oxygens (including phenoxy) is 3. The third kappa shape index (κ3) is 6.66. The Morgan fingerprint density at radius 3 is 2.43 bits per heavy atom. The second kappa shape index (κ2) is 13.0. The van der Waals surface area contributed by atoms with Gasteiger partial charge in [0.15, 0.2) is 11.5 Å². The molecule has 1 aliphatic rings. The Hall–Kier alpha value is -3.00. The lowest BCUT2D eigenvalue weighted by atomic mass is 10.1. The molecule has 0 radical (unpaired) electrons. The number of nitriles is 1. The van der Waals surface area contributed by atoms with Gasteiger partial charge in [-0.1, -0.05) is 23.2 Å². The average Bonchev–Trinajstić information content (AvgIpc) is 2.89. The molecule has 4 rings (SSSR count). The molecule has 0 bridgehead atoms. The number of likely N-dealkylation sites (N-methyl/N-ethyl adjacent to an activating group) is 1. The number of fused-ring (bicyclic) bond motifs is 1. The van der Waals surface area contributed by atoms with Gasteiger partial charge in [-0.15, -0.1) is 0 Å². The van der Waals surface area contributed by atoms with Gasteiger partial charge < -0.3 is 34.8 Å². The molecule has 0 unspecified atom stereocenters. The molecule has 0 saturated carbocycles. The second-order valence-electron chi connectivity index (χ2n) is 8.63. The summed E-state index contributed by atoms with van der Waals surface area (Å²) in [5, 5.41) is 14.3. The normalized spacial score (nSPS) is 14.1. The van der Waals surface area contributed by atoms with Crippen LogP contribution in [0.5, 0.6) is 17.2 Å². The maximum Gasteiger partial charge on any atom is 0.186 e. The van der Waals surface area contributed by atoms with Gasteiger partial charge in [0.1, 0.15) is 17.5 Å². The number of pyridine rings is 1. The zero-order chi connectivity index (χ0) is 25.7. The molecule has 0 amide bonds. The smallest absolute Gasteiger partial charge is 0.186 e. The van der Waals surface area contributed by atoms with E-state index < -0.39 is 0 Å². The first-order valence-corrected chi connectivity index (χ1v) is 12.4. The van der Waals surface area contributed by atoms with E-state index in [1.807, 2.05) is 6.07 Å². The summed E-state index contributed by atoms with van der Waals surface area (Å²) >= 11 is 12.7. The fraction of sp³-hybridized carbons (Fsp3) is 0.385. The number of rotatable bonds is 9. The molecular weight excluding hydrogens is 517 g/mol. The Balaban J connectivity index is 0.00000380. The number of nitrogens with one attached hydrogen (secondary N) is 1. The predicted molar refractivity (Wildman–Crippen MR) is 147 cm³/mol. The van der Waals surface area contributed by atoms with Crippen molar-refractivity contribution in [3.63, 3.8) is 0 Å². The van der Waals surface area contributed by atoms with E-state index in [0.29, 0.717) is 56.4 Å². The van der Waals surface area contributed by atoms with Crippen molar-refractivity contribution in [1.82, 2.24) is 14.8 Å². The lowest BCUT2D eigenvalue weighted by Gasteiger charge is -2.32. The molecule has 0 spiro atoms. The topological polar surface area (TPSA) is 114 Å². The van der Waals surface area contributed by atoms with Crippen molar-refractivity contribution >= 4 is 45.5 Å². The Bertz CT molecular complexity index is 1280. The third-order valence-corrected chi connectivity index (χ3v) is 6.81. The van der Waals surface area contributed by atoms with E-state index >= 15 is 0 Å². The minimum Gasteiger partial charge on any atom is -0.495 e. The fourth-order valence-electron chi connectivity index (χ4n) is 4.16. The molecule has 0 aliphatic carbocycles. The number of methoxy groups -OCH3 is 2. The summed E-state index contributed by atoms with van der Waals surface area (Å²) in [5.74, 6) is 1.52. The van der Waals surface area contributed by atoms with E-state index in [0.717, 1.165) is 44.5 Å². The number of aromatic nitrogens is 1. The average molecular weight is 548 g/mol. The van der Waals surface area contributed by atoms with Crippen LogP contribution in [0.2, 0.25) is 10.0 Å². The van der Waals surface area contributed by atoms with Crippen LogP contribution in [-0.4, -0.2) is 80.9 Å². The van der Waals surface area contributed by atoms with E-state index in [9.17, 15) is 5.26 Å². The van der Waals surface area contributed by atoms with E-state index in [4.69, 9.17) is 37.4 Å². The molecule has 11 heteroatoms. The van der Waals surface area contributed by atoms with E-state index in [1.54, 1.807) is 32.4 Å². The van der Waals surface area contributed by atoms with Crippen LogP contribution in [0.3, 0.4) is 0 Å².